The third-order valence-corrected chi connectivity index (χ3v) is 13.5. The van der Waals surface area contributed by atoms with E-state index < -0.39 is 68.6 Å². The number of nitrogens with one attached hydrogen (secondary N) is 4. The van der Waals surface area contributed by atoms with Crippen LogP contribution in [0.15, 0.2) is 0 Å². The van der Waals surface area contributed by atoms with Gasteiger partial charge in [0.25, 0.3) is 5.91 Å². The molecule has 1 saturated heterocycles. The minimum absolute atomic E-state index is 0.00547. The number of likely N-dealkylation sites (N-methyl/N-ethyl adjacent to an activating group) is 1. The molecule has 13 nitrogen and oxygen atoms in total. The van der Waals surface area contributed by atoms with Crippen LogP contribution in [0.3, 0.4) is 0 Å². The Bertz CT molecular complexity index is 1430. The Labute approximate surface area is 305 Å². The molecule has 4 N–H and O–H groups in total. The number of Topliss-reactive ketones (excluding diaryl/α,β-unsaturated/α-hetero) is 1. The number of carbonyl (C=O) groups excluding carboxylic acids is 5. The van der Waals surface area contributed by atoms with Gasteiger partial charge in [-0.15, -0.1) is 0 Å². The summed E-state index contributed by atoms with van der Waals surface area (Å²) in [6.45, 7) is 14.4. The average molecular weight is 737 g/mol. The summed E-state index contributed by atoms with van der Waals surface area (Å²) in [5.74, 6) is -2.21. The number of carbonyl (C=O) groups is 5. The highest BCUT2D eigenvalue weighted by atomic mass is 32.2. The van der Waals surface area contributed by atoms with Crippen molar-refractivity contribution in [2.75, 3.05) is 26.4 Å². The number of rotatable bonds is 14. The van der Waals surface area contributed by atoms with Gasteiger partial charge in [-0.3, -0.25) is 19.2 Å². The molecule has 1 aliphatic heterocycles. The number of sulfonamides is 1. The van der Waals surface area contributed by atoms with Crippen molar-refractivity contribution in [1.82, 2.24) is 30.5 Å². The Morgan fingerprint density at radius 3 is 2.10 bits per heavy atom. The van der Waals surface area contributed by atoms with Crippen LogP contribution in [0.25, 0.3) is 0 Å². The third-order valence-electron chi connectivity index (χ3n) is 12.2. The van der Waals surface area contributed by atoms with Crippen molar-refractivity contribution in [1.29, 1.82) is 0 Å². The SMILES string of the molecule is CCCC(NC(=O)[C@@H]1[C@H]2CCC(C)(C)[C@H]2CN1C(=O)[C@@H](NC(=O)N[C@H](CN(C)S(C)(=O)=O)C(C)(C)C)C1(C)CCCCC1)C(=O)C(=O)NC1CC1. The average Bonchev–Trinajstić information content (AvgIpc) is 3.67. The third kappa shape index (κ3) is 9.83. The maximum atomic E-state index is 15.0. The molecule has 0 aromatic rings. The standard InChI is InChI=1S/C37H64N6O7S/c1-10-14-26(29(44)32(46)38-23-15-16-23)39-31(45)28-24-17-20-36(5,6)25(24)21-43(28)33(47)30(37(7)18-12-11-13-19-37)41-34(48)40-27(35(2,3)4)22-42(8)51(9,49)50/h23-28,30H,10-22H2,1-9H3,(H,38,46)(H,39,45)(H2,40,41,48)/t24-,25-,26?,27+,28-,30+/m0/s1. The number of fused-ring (bicyclic) bond motifs is 1. The van der Waals surface area contributed by atoms with Gasteiger partial charge in [0.1, 0.15) is 12.1 Å². The molecule has 0 aromatic carbocycles. The normalized spacial score (nSPS) is 26.1. The quantitative estimate of drug-likeness (QED) is 0.198. The molecule has 51 heavy (non-hydrogen) atoms. The lowest BCUT2D eigenvalue weighted by atomic mass is 9.70. The van der Waals surface area contributed by atoms with Gasteiger partial charge in [0.2, 0.25) is 27.6 Å². The number of hydrogen-bond donors (Lipinski definition) is 4. The number of nitrogens with zero attached hydrogens (tertiary/aromatic N) is 2. The molecular formula is C37H64N6O7S. The van der Waals surface area contributed by atoms with Crippen molar-refractivity contribution in [3.8, 4) is 0 Å². The molecule has 3 aliphatic carbocycles. The maximum absolute atomic E-state index is 15.0. The lowest BCUT2D eigenvalue weighted by molar-refractivity contribution is -0.145. The Kier molecular flexibility index (Phi) is 12.6. The zero-order valence-corrected chi connectivity index (χ0v) is 33.2. The van der Waals surface area contributed by atoms with E-state index in [2.05, 4.69) is 35.1 Å². The van der Waals surface area contributed by atoms with Crippen LogP contribution in [0.5, 0.6) is 0 Å². The molecule has 4 rings (SSSR count). The lowest BCUT2D eigenvalue weighted by Crippen LogP contribution is -2.63. The summed E-state index contributed by atoms with van der Waals surface area (Å²) in [6, 6.07) is -3.93. The van der Waals surface area contributed by atoms with Crippen LogP contribution in [0.4, 0.5) is 4.79 Å². The number of likely N-dealkylation sites (tertiary alicyclic amines) is 1. The van der Waals surface area contributed by atoms with Crippen molar-refractivity contribution < 1.29 is 32.4 Å². The van der Waals surface area contributed by atoms with E-state index in [0.717, 1.165) is 64.0 Å². The maximum Gasteiger partial charge on any atom is 0.315 e. The number of ketones is 1. The highest BCUT2D eigenvalue weighted by Crippen LogP contribution is 2.53. The van der Waals surface area contributed by atoms with E-state index in [1.807, 2.05) is 34.6 Å². The second-order valence-corrected chi connectivity index (χ2v) is 20.0. The molecule has 0 spiro atoms. The van der Waals surface area contributed by atoms with E-state index in [1.165, 1.54) is 11.4 Å². The van der Waals surface area contributed by atoms with Gasteiger partial charge in [0.05, 0.1) is 12.3 Å². The van der Waals surface area contributed by atoms with Crippen LogP contribution < -0.4 is 21.3 Å². The molecule has 4 fully saturated rings. The summed E-state index contributed by atoms with van der Waals surface area (Å²) in [4.78, 5) is 70.9. The van der Waals surface area contributed by atoms with Gasteiger partial charge in [-0.1, -0.05) is 74.1 Å². The van der Waals surface area contributed by atoms with E-state index in [4.69, 9.17) is 0 Å². The highest BCUT2D eigenvalue weighted by molar-refractivity contribution is 7.88. The van der Waals surface area contributed by atoms with Gasteiger partial charge >= 0.3 is 6.03 Å². The predicted octanol–water partition coefficient (Wildman–Crippen LogP) is 3.33. The minimum Gasteiger partial charge on any atom is -0.347 e. The molecule has 14 heteroatoms. The van der Waals surface area contributed by atoms with Gasteiger partial charge in [-0.2, -0.15) is 0 Å². The monoisotopic (exact) mass is 736 g/mol. The van der Waals surface area contributed by atoms with Crippen LogP contribution in [0, 0.1) is 28.1 Å². The molecule has 0 bridgehead atoms. The van der Waals surface area contributed by atoms with Crippen LogP contribution in [0.1, 0.15) is 119 Å². The first-order valence-corrected chi connectivity index (χ1v) is 20.9. The molecule has 3 saturated carbocycles. The van der Waals surface area contributed by atoms with Gasteiger partial charge in [-0.05, 0) is 73.0 Å². The molecule has 6 atom stereocenters. The van der Waals surface area contributed by atoms with E-state index in [9.17, 15) is 27.6 Å². The summed E-state index contributed by atoms with van der Waals surface area (Å²) in [6.07, 6.45) is 9.57. The molecular weight excluding hydrogens is 673 g/mol. The topological polar surface area (TPSA) is 174 Å². The highest BCUT2D eigenvalue weighted by Gasteiger charge is 2.58. The Hall–Kier alpha value is -2.74. The smallest absolute Gasteiger partial charge is 0.315 e. The van der Waals surface area contributed by atoms with E-state index in [-0.39, 0.29) is 35.7 Å². The molecule has 0 aromatic heterocycles. The summed E-state index contributed by atoms with van der Waals surface area (Å²) >= 11 is 0. The summed E-state index contributed by atoms with van der Waals surface area (Å²) in [5, 5.41) is 11.7. The van der Waals surface area contributed by atoms with E-state index >= 15 is 4.79 Å². The van der Waals surface area contributed by atoms with Gasteiger partial charge in [0.15, 0.2) is 0 Å². The molecule has 0 radical (unpaired) electrons. The first kappa shape index (κ1) is 41.0. The van der Waals surface area contributed by atoms with Crippen molar-refractivity contribution in [2.45, 2.75) is 149 Å². The Morgan fingerprint density at radius 2 is 1.55 bits per heavy atom. The van der Waals surface area contributed by atoms with Gasteiger partial charge in [0, 0.05) is 32.2 Å². The van der Waals surface area contributed by atoms with Crippen LogP contribution >= 0.6 is 0 Å². The molecule has 290 valence electrons. The first-order valence-electron chi connectivity index (χ1n) is 19.0. The molecule has 1 unspecified atom stereocenters. The summed E-state index contributed by atoms with van der Waals surface area (Å²) in [5.41, 5.74) is -1.21. The predicted molar refractivity (Wildman–Crippen MR) is 196 cm³/mol. The van der Waals surface area contributed by atoms with Crippen molar-refractivity contribution in [3.63, 3.8) is 0 Å². The van der Waals surface area contributed by atoms with Crippen LogP contribution in [-0.2, 0) is 29.2 Å². The number of amides is 5. The fourth-order valence-electron chi connectivity index (χ4n) is 8.45. The van der Waals surface area contributed by atoms with Gasteiger partial charge in [-0.25, -0.2) is 17.5 Å². The van der Waals surface area contributed by atoms with Crippen molar-refractivity contribution in [3.05, 3.63) is 0 Å². The Morgan fingerprint density at radius 1 is 0.922 bits per heavy atom. The van der Waals surface area contributed by atoms with Crippen LogP contribution in [0.2, 0.25) is 0 Å². The molecule has 5 amide bonds. The van der Waals surface area contributed by atoms with Crippen molar-refractivity contribution >= 4 is 39.6 Å². The minimum atomic E-state index is -3.51. The van der Waals surface area contributed by atoms with Crippen molar-refractivity contribution in [2.24, 2.45) is 28.1 Å². The fraction of sp³-hybridized carbons (Fsp3) is 0.865. The second-order valence-electron chi connectivity index (χ2n) is 17.9. The molecule has 4 aliphatic rings. The second kappa shape index (κ2) is 15.7. The summed E-state index contributed by atoms with van der Waals surface area (Å²) < 4.78 is 25.7. The zero-order chi connectivity index (χ0) is 38.1. The first-order chi connectivity index (χ1) is 23.6. The summed E-state index contributed by atoms with van der Waals surface area (Å²) in [7, 11) is -2.04. The van der Waals surface area contributed by atoms with E-state index in [0.29, 0.717) is 19.4 Å². The zero-order valence-electron chi connectivity index (χ0n) is 32.4. The van der Waals surface area contributed by atoms with E-state index in [1.54, 1.807) is 4.90 Å². The molecule has 1 heterocycles. The van der Waals surface area contributed by atoms with Crippen LogP contribution in [-0.4, -0.2) is 104 Å². The number of hydrogen-bond acceptors (Lipinski definition) is 7. The lowest BCUT2D eigenvalue weighted by Gasteiger charge is -2.43. The Balaban J connectivity index is 1.63. The number of urea groups is 1. The fourth-order valence-corrected chi connectivity index (χ4v) is 8.87. The van der Waals surface area contributed by atoms with Gasteiger partial charge < -0.3 is 26.2 Å². The largest absolute Gasteiger partial charge is 0.347 e.